The number of carbonyl (C=O) groups excluding carboxylic acids is 1. The summed E-state index contributed by atoms with van der Waals surface area (Å²) in [5, 5.41) is 4.00. The Morgan fingerprint density at radius 1 is 1.38 bits per heavy atom. The Bertz CT molecular complexity index is 506. The van der Waals surface area contributed by atoms with E-state index in [0.717, 1.165) is 25.7 Å². The third kappa shape index (κ3) is 5.42. The van der Waals surface area contributed by atoms with Gasteiger partial charge in [-0.1, -0.05) is 31.2 Å². The molecule has 1 aromatic carbocycles. The number of hydrogen-bond donors (Lipinski definition) is 1. The number of aryl methyl sites for hydroxylation is 1. The van der Waals surface area contributed by atoms with Crippen molar-refractivity contribution in [1.82, 2.24) is 5.43 Å². The number of ether oxygens (including phenoxy) is 1. The van der Waals surface area contributed by atoms with Crippen LogP contribution in [0.5, 0.6) is 5.75 Å². The highest BCUT2D eigenvalue weighted by atomic mass is 16.5. The Hall–Kier alpha value is -2.10. The van der Waals surface area contributed by atoms with Crippen molar-refractivity contribution in [2.24, 2.45) is 11.0 Å². The van der Waals surface area contributed by atoms with Gasteiger partial charge in [0, 0.05) is 6.21 Å². The Kier molecular flexibility index (Phi) is 6.00. The van der Waals surface area contributed by atoms with Crippen LogP contribution in [0.4, 0.5) is 0 Å². The molecule has 0 heterocycles. The number of carbonyl (C=O) groups is 1. The van der Waals surface area contributed by atoms with Crippen LogP contribution in [0.15, 0.2) is 41.5 Å². The van der Waals surface area contributed by atoms with E-state index >= 15 is 0 Å². The van der Waals surface area contributed by atoms with Gasteiger partial charge >= 0.3 is 0 Å². The van der Waals surface area contributed by atoms with E-state index in [9.17, 15) is 4.79 Å². The monoisotopic (exact) mass is 286 g/mol. The normalized spacial score (nSPS) is 17.9. The number of amides is 1. The average Bonchev–Trinajstić information content (AvgIpc) is 2.54. The van der Waals surface area contributed by atoms with Crippen LogP contribution in [0.2, 0.25) is 0 Å². The number of nitrogens with one attached hydrogen (secondary N) is 1. The molecule has 2 rings (SSSR count). The standard InChI is InChI=1S/C17H22N2O2/c1-2-14-8-10-16(11-9-14)21-13-17(20)19-18-12-15-6-4-3-5-7-15/h3-4,8-12,15H,2,5-7,13H2,1H3,(H,19,20)/b18-12-/t15-/m0/s1. The minimum atomic E-state index is -0.239. The van der Waals surface area contributed by atoms with Gasteiger partial charge in [0.2, 0.25) is 0 Å². The fourth-order valence-electron chi connectivity index (χ4n) is 2.17. The van der Waals surface area contributed by atoms with Crippen molar-refractivity contribution in [3.63, 3.8) is 0 Å². The molecule has 1 amide bonds. The molecule has 0 spiro atoms. The maximum atomic E-state index is 11.6. The van der Waals surface area contributed by atoms with Crippen LogP contribution in [0.3, 0.4) is 0 Å². The summed E-state index contributed by atoms with van der Waals surface area (Å²) in [7, 11) is 0. The Morgan fingerprint density at radius 3 is 2.86 bits per heavy atom. The maximum Gasteiger partial charge on any atom is 0.277 e. The first-order valence-corrected chi connectivity index (χ1v) is 7.46. The van der Waals surface area contributed by atoms with Crippen molar-refractivity contribution in [1.29, 1.82) is 0 Å². The van der Waals surface area contributed by atoms with Crippen LogP contribution in [-0.4, -0.2) is 18.7 Å². The molecule has 0 aromatic heterocycles. The van der Waals surface area contributed by atoms with Crippen LogP contribution in [0.25, 0.3) is 0 Å². The van der Waals surface area contributed by atoms with Crippen molar-refractivity contribution in [3.05, 3.63) is 42.0 Å². The quantitative estimate of drug-likeness (QED) is 0.496. The molecule has 1 N–H and O–H groups in total. The summed E-state index contributed by atoms with van der Waals surface area (Å²) < 4.78 is 5.41. The van der Waals surface area contributed by atoms with Crippen molar-refractivity contribution in [2.45, 2.75) is 32.6 Å². The molecule has 21 heavy (non-hydrogen) atoms. The minimum Gasteiger partial charge on any atom is -0.484 e. The summed E-state index contributed by atoms with van der Waals surface area (Å²) >= 11 is 0. The molecular formula is C17H22N2O2. The van der Waals surface area contributed by atoms with Crippen LogP contribution in [0.1, 0.15) is 31.7 Å². The molecule has 0 fully saturated rings. The fraction of sp³-hybridized carbons (Fsp3) is 0.412. The molecule has 1 aliphatic carbocycles. The van der Waals surface area contributed by atoms with Gasteiger partial charge < -0.3 is 4.74 Å². The number of hydrogen-bond acceptors (Lipinski definition) is 3. The van der Waals surface area contributed by atoms with E-state index in [0.29, 0.717) is 11.7 Å². The van der Waals surface area contributed by atoms with Crippen LogP contribution < -0.4 is 10.2 Å². The molecule has 0 unspecified atom stereocenters. The number of benzene rings is 1. The van der Waals surface area contributed by atoms with Gasteiger partial charge in [-0.25, -0.2) is 5.43 Å². The van der Waals surface area contributed by atoms with E-state index in [4.69, 9.17) is 4.74 Å². The highest BCUT2D eigenvalue weighted by Gasteiger charge is 2.07. The average molecular weight is 286 g/mol. The molecule has 1 aromatic rings. The molecule has 112 valence electrons. The van der Waals surface area contributed by atoms with Crippen molar-refractivity contribution < 1.29 is 9.53 Å². The number of allylic oxidation sites excluding steroid dienone is 2. The van der Waals surface area contributed by atoms with Crippen LogP contribution >= 0.6 is 0 Å². The molecule has 4 heteroatoms. The molecule has 0 radical (unpaired) electrons. The SMILES string of the molecule is CCc1ccc(OCC(=O)N/N=C\[C@H]2CC=CCC2)cc1. The molecule has 0 saturated carbocycles. The lowest BCUT2D eigenvalue weighted by atomic mass is 9.96. The first-order valence-electron chi connectivity index (χ1n) is 7.46. The molecule has 1 atom stereocenters. The van der Waals surface area contributed by atoms with E-state index in [2.05, 4.69) is 29.6 Å². The molecule has 0 bridgehead atoms. The Balaban J connectivity index is 1.69. The summed E-state index contributed by atoms with van der Waals surface area (Å²) in [5.74, 6) is 0.888. The number of nitrogens with zero attached hydrogens (tertiary/aromatic N) is 1. The lowest BCUT2D eigenvalue weighted by molar-refractivity contribution is -0.123. The molecule has 4 nitrogen and oxygen atoms in total. The van der Waals surface area contributed by atoms with E-state index in [1.807, 2.05) is 30.5 Å². The highest BCUT2D eigenvalue weighted by Crippen LogP contribution is 2.15. The van der Waals surface area contributed by atoms with E-state index in [1.54, 1.807) is 0 Å². The van der Waals surface area contributed by atoms with Gasteiger partial charge in [0.25, 0.3) is 5.91 Å². The molecular weight excluding hydrogens is 264 g/mol. The summed E-state index contributed by atoms with van der Waals surface area (Å²) in [5.41, 5.74) is 3.75. The van der Waals surface area contributed by atoms with Crippen LogP contribution in [0, 0.1) is 5.92 Å². The van der Waals surface area contributed by atoms with Gasteiger partial charge in [-0.2, -0.15) is 5.10 Å². The van der Waals surface area contributed by atoms with Gasteiger partial charge in [0.15, 0.2) is 6.61 Å². The van der Waals surface area contributed by atoms with E-state index < -0.39 is 0 Å². The second-order valence-electron chi connectivity index (χ2n) is 5.14. The summed E-state index contributed by atoms with van der Waals surface area (Å²) in [6, 6.07) is 7.76. The van der Waals surface area contributed by atoms with Crippen LogP contribution in [-0.2, 0) is 11.2 Å². The van der Waals surface area contributed by atoms with Gasteiger partial charge in [-0.3, -0.25) is 4.79 Å². The second-order valence-corrected chi connectivity index (χ2v) is 5.14. The van der Waals surface area contributed by atoms with Crippen molar-refractivity contribution >= 4 is 12.1 Å². The zero-order chi connectivity index (χ0) is 14.9. The first kappa shape index (κ1) is 15.3. The van der Waals surface area contributed by atoms with E-state index in [1.165, 1.54) is 5.56 Å². The molecule has 0 saturated heterocycles. The smallest absolute Gasteiger partial charge is 0.277 e. The second kappa shape index (κ2) is 8.25. The Morgan fingerprint density at radius 2 is 2.19 bits per heavy atom. The predicted octanol–water partition coefficient (Wildman–Crippen LogP) is 3.09. The lowest BCUT2D eigenvalue weighted by Crippen LogP contribution is -2.25. The largest absolute Gasteiger partial charge is 0.484 e. The molecule has 0 aliphatic heterocycles. The molecule has 1 aliphatic rings. The zero-order valence-corrected chi connectivity index (χ0v) is 12.4. The number of rotatable bonds is 6. The number of hydrazone groups is 1. The summed E-state index contributed by atoms with van der Waals surface area (Å²) in [6.45, 7) is 2.08. The van der Waals surface area contributed by atoms with E-state index in [-0.39, 0.29) is 12.5 Å². The third-order valence-electron chi connectivity index (χ3n) is 3.49. The topological polar surface area (TPSA) is 50.7 Å². The zero-order valence-electron chi connectivity index (χ0n) is 12.4. The fourth-order valence-corrected chi connectivity index (χ4v) is 2.17. The highest BCUT2D eigenvalue weighted by molar-refractivity contribution is 5.78. The van der Waals surface area contributed by atoms with Gasteiger partial charge in [0.1, 0.15) is 5.75 Å². The van der Waals surface area contributed by atoms with Gasteiger partial charge in [0.05, 0.1) is 0 Å². The minimum absolute atomic E-state index is 0.0205. The summed E-state index contributed by atoms with van der Waals surface area (Å²) in [4.78, 5) is 11.6. The Labute approximate surface area is 125 Å². The summed E-state index contributed by atoms with van der Waals surface area (Å²) in [6.07, 6.45) is 10.3. The van der Waals surface area contributed by atoms with Crippen molar-refractivity contribution in [3.8, 4) is 5.75 Å². The van der Waals surface area contributed by atoms with Crippen molar-refractivity contribution in [2.75, 3.05) is 6.61 Å². The first-order chi connectivity index (χ1) is 10.3. The maximum absolute atomic E-state index is 11.6. The third-order valence-corrected chi connectivity index (χ3v) is 3.49. The van der Waals surface area contributed by atoms with Gasteiger partial charge in [-0.05, 0) is 49.3 Å². The predicted molar refractivity (Wildman–Crippen MR) is 84.4 cm³/mol. The lowest BCUT2D eigenvalue weighted by Gasteiger charge is -2.11. The van der Waals surface area contributed by atoms with Gasteiger partial charge in [-0.15, -0.1) is 0 Å².